The van der Waals surface area contributed by atoms with Crippen molar-refractivity contribution in [3.05, 3.63) is 100 Å². The summed E-state index contributed by atoms with van der Waals surface area (Å²) in [6, 6.07) is 19.0. The van der Waals surface area contributed by atoms with Gasteiger partial charge in [-0.2, -0.15) is 0 Å². The Hall–Kier alpha value is -4.25. The molecule has 2 atom stereocenters. The molecule has 0 saturated carbocycles. The third-order valence-electron chi connectivity index (χ3n) is 6.71. The Morgan fingerprint density at radius 1 is 0.975 bits per heavy atom. The van der Waals surface area contributed by atoms with Gasteiger partial charge in [0.1, 0.15) is 12.6 Å². The molecule has 0 aliphatic rings. The third kappa shape index (κ3) is 7.23. The fourth-order valence-corrected chi connectivity index (χ4v) is 5.46. The van der Waals surface area contributed by atoms with Crippen LogP contribution in [0.2, 0.25) is 0 Å². The monoisotopic (exact) mass is 566 g/mol. The van der Waals surface area contributed by atoms with Gasteiger partial charge >= 0.3 is 0 Å². The van der Waals surface area contributed by atoms with Gasteiger partial charge in [0, 0.05) is 24.7 Å². The van der Waals surface area contributed by atoms with Crippen LogP contribution in [0, 0.1) is 17.0 Å². The molecule has 11 heteroatoms. The van der Waals surface area contributed by atoms with Gasteiger partial charge in [-0.3, -0.25) is 24.0 Å². The number of benzene rings is 3. The van der Waals surface area contributed by atoms with Gasteiger partial charge in [0.05, 0.1) is 15.5 Å². The summed E-state index contributed by atoms with van der Waals surface area (Å²) in [4.78, 5) is 39.1. The molecular formula is C29H34N4O6S. The van der Waals surface area contributed by atoms with Crippen molar-refractivity contribution in [1.82, 2.24) is 10.2 Å². The zero-order valence-corrected chi connectivity index (χ0v) is 23.8. The van der Waals surface area contributed by atoms with E-state index in [1.54, 1.807) is 25.1 Å². The van der Waals surface area contributed by atoms with Gasteiger partial charge in [0.2, 0.25) is 11.8 Å². The van der Waals surface area contributed by atoms with E-state index in [4.69, 9.17) is 0 Å². The van der Waals surface area contributed by atoms with Gasteiger partial charge in [-0.1, -0.05) is 55.5 Å². The number of hydrogen-bond donors (Lipinski definition) is 1. The Bertz CT molecular complexity index is 1460. The summed E-state index contributed by atoms with van der Waals surface area (Å²) < 4.78 is 28.4. The van der Waals surface area contributed by atoms with Crippen LogP contribution in [0.3, 0.4) is 0 Å². The number of aryl methyl sites for hydroxylation is 1. The molecule has 3 aromatic rings. The Labute approximate surface area is 234 Å². The van der Waals surface area contributed by atoms with Crippen LogP contribution in [-0.2, 0) is 26.2 Å². The molecule has 40 heavy (non-hydrogen) atoms. The first-order valence-corrected chi connectivity index (χ1v) is 14.4. The van der Waals surface area contributed by atoms with Gasteiger partial charge in [-0.25, -0.2) is 8.42 Å². The highest BCUT2D eigenvalue weighted by atomic mass is 32.2. The maximum Gasteiger partial charge on any atom is 0.271 e. The van der Waals surface area contributed by atoms with Gasteiger partial charge in [0.25, 0.3) is 15.7 Å². The molecule has 10 nitrogen and oxygen atoms in total. The molecule has 0 heterocycles. The normalized spacial score (nSPS) is 12.7. The highest BCUT2D eigenvalue weighted by Crippen LogP contribution is 2.27. The maximum absolute atomic E-state index is 13.9. The maximum atomic E-state index is 13.9. The smallest absolute Gasteiger partial charge is 0.271 e. The Kier molecular flexibility index (Phi) is 10.0. The minimum absolute atomic E-state index is 0.0426. The summed E-state index contributed by atoms with van der Waals surface area (Å²) in [5.74, 6) is -1.01. The van der Waals surface area contributed by atoms with Gasteiger partial charge < -0.3 is 10.2 Å². The summed E-state index contributed by atoms with van der Waals surface area (Å²) in [6.07, 6.45) is 0.695. The molecule has 0 radical (unpaired) electrons. The predicted molar refractivity (Wildman–Crippen MR) is 153 cm³/mol. The summed E-state index contributed by atoms with van der Waals surface area (Å²) in [5, 5.41) is 14.3. The van der Waals surface area contributed by atoms with Crippen molar-refractivity contribution in [3.8, 4) is 0 Å². The molecule has 3 aromatic carbocycles. The molecule has 0 unspecified atom stereocenters. The van der Waals surface area contributed by atoms with E-state index < -0.39 is 33.4 Å². The number of nitro groups is 1. The van der Waals surface area contributed by atoms with E-state index in [1.165, 1.54) is 35.2 Å². The number of amides is 2. The molecule has 212 valence electrons. The summed E-state index contributed by atoms with van der Waals surface area (Å²) in [7, 11) is -4.31. The lowest BCUT2D eigenvalue weighted by molar-refractivity contribution is -0.384. The van der Waals surface area contributed by atoms with E-state index >= 15 is 0 Å². The van der Waals surface area contributed by atoms with Crippen LogP contribution < -0.4 is 9.62 Å². The summed E-state index contributed by atoms with van der Waals surface area (Å²) in [5.41, 5.74) is 1.34. The number of carbonyl (C=O) groups is 2. The van der Waals surface area contributed by atoms with Crippen molar-refractivity contribution < 1.29 is 22.9 Å². The number of sulfonamides is 1. The molecule has 0 fully saturated rings. The topological polar surface area (TPSA) is 130 Å². The van der Waals surface area contributed by atoms with Crippen LogP contribution in [-0.4, -0.2) is 48.7 Å². The van der Waals surface area contributed by atoms with E-state index in [9.17, 15) is 28.1 Å². The largest absolute Gasteiger partial charge is 0.352 e. The molecule has 1 N–H and O–H groups in total. The molecule has 0 aliphatic heterocycles. The second-order valence-corrected chi connectivity index (χ2v) is 11.4. The molecule has 0 aromatic heterocycles. The lowest BCUT2D eigenvalue weighted by Gasteiger charge is -2.32. The van der Waals surface area contributed by atoms with Crippen molar-refractivity contribution >= 4 is 33.2 Å². The van der Waals surface area contributed by atoms with Crippen LogP contribution >= 0.6 is 0 Å². The molecule has 0 bridgehead atoms. The van der Waals surface area contributed by atoms with Crippen LogP contribution in [0.4, 0.5) is 11.4 Å². The molecular weight excluding hydrogens is 532 g/mol. The number of carbonyl (C=O) groups excluding carboxylic acids is 2. The zero-order chi connectivity index (χ0) is 29.4. The minimum Gasteiger partial charge on any atom is -0.352 e. The fraction of sp³-hybridized carbons (Fsp3) is 0.310. The number of anilines is 1. The van der Waals surface area contributed by atoms with Crippen LogP contribution in [0.1, 0.15) is 38.3 Å². The van der Waals surface area contributed by atoms with E-state index in [2.05, 4.69) is 5.32 Å². The average Bonchev–Trinajstić information content (AvgIpc) is 2.95. The number of nitro benzene ring substituents is 1. The first-order valence-electron chi connectivity index (χ1n) is 12.9. The Balaban J connectivity index is 2.07. The minimum atomic E-state index is -4.31. The summed E-state index contributed by atoms with van der Waals surface area (Å²) in [6.45, 7) is 6.65. The molecule has 0 spiro atoms. The van der Waals surface area contributed by atoms with Crippen molar-refractivity contribution in [1.29, 1.82) is 0 Å². The lowest BCUT2D eigenvalue weighted by Crippen LogP contribution is -2.52. The van der Waals surface area contributed by atoms with Gasteiger partial charge in [-0.15, -0.1) is 0 Å². The van der Waals surface area contributed by atoms with E-state index in [0.29, 0.717) is 6.42 Å². The standard InChI is InChI=1S/C29H34N4O6S/c1-5-22(3)30-29(35)23(4)31(19-24-13-10-9-12-21(24)2)28(34)20-32(25-14-11-15-26(18-25)33(36)37)40(38,39)27-16-7-6-8-17-27/h6-18,22-23H,5,19-20H2,1-4H3,(H,30,35)/t22-,23+/m1/s1. The average molecular weight is 567 g/mol. The highest BCUT2D eigenvalue weighted by molar-refractivity contribution is 7.92. The molecule has 3 rings (SSSR count). The number of nitrogens with zero attached hydrogens (tertiary/aromatic N) is 3. The third-order valence-corrected chi connectivity index (χ3v) is 8.50. The SMILES string of the molecule is CC[C@@H](C)NC(=O)[C@H](C)N(Cc1ccccc1C)C(=O)CN(c1cccc([N+](=O)[O-])c1)S(=O)(=O)c1ccccc1. The lowest BCUT2D eigenvalue weighted by atomic mass is 10.1. The zero-order valence-electron chi connectivity index (χ0n) is 23.0. The first-order chi connectivity index (χ1) is 18.9. The second-order valence-electron chi connectivity index (χ2n) is 9.54. The van der Waals surface area contributed by atoms with E-state index in [0.717, 1.165) is 21.5 Å². The number of rotatable bonds is 12. The molecule has 2 amide bonds. The second kappa shape index (κ2) is 13.2. The number of hydrogen-bond acceptors (Lipinski definition) is 6. The van der Waals surface area contributed by atoms with Gasteiger partial charge in [-0.05, 0) is 56.5 Å². The number of non-ortho nitro benzene ring substituents is 1. The number of nitrogens with one attached hydrogen (secondary N) is 1. The quantitative estimate of drug-likeness (QED) is 0.255. The Morgan fingerprint density at radius 3 is 2.25 bits per heavy atom. The van der Waals surface area contributed by atoms with Crippen LogP contribution in [0.25, 0.3) is 0 Å². The van der Waals surface area contributed by atoms with Gasteiger partial charge in [0.15, 0.2) is 0 Å². The van der Waals surface area contributed by atoms with Crippen molar-refractivity contribution in [3.63, 3.8) is 0 Å². The van der Waals surface area contributed by atoms with Crippen molar-refractivity contribution in [2.24, 2.45) is 0 Å². The Morgan fingerprint density at radius 2 is 1.62 bits per heavy atom. The van der Waals surface area contributed by atoms with E-state index in [1.807, 2.05) is 45.0 Å². The highest BCUT2D eigenvalue weighted by Gasteiger charge is 2.33. The predicted octanol–water partition coefficient (Wildman–Crippen LogP) is 4.43. The van der Waals surface area contributed by atoms with Crippen LogP contribution in [0.5, 0.6) is 0 Å². The van der Waals surface area contributed by atoms with Crippen LogP contribution in [0.15, 0.2) is 83.8 Å². The van der Waals surface area contributed by atoms with Crippen molar-refractivity contribution in [2.75, 3.05) is 10.8 Å². The van der Waals surface area contributed by atoms with Crippen molar-refractivity contribution in [2.45, 2.75) is 57.6 Å². The first kappa shape index (κ1) is 30.3. The summed E-state index contributed by atoms with van der Waals surface area (Å²) >= 11 is 0. The molecule has 0 saturated heterocycles. The van der Waals surface area contributed by atoms with E-state index in [-0.39, 0.29) is 34.8 Å². The molecule has 0 aliphatic carbocycles. The fourth-order valence-electron chi connectivity index (χ4n) is 4.03.